The number of hydrogen-bond donors (Lipinski definition) is 2. The molecule has 3 heterocycles. The Hall–Kier alpha value is -2.22. The summed E-state index contributed by atoms with van der Waals surface area (Å²) in [5, 5.41) is 7.54. The van der Waals surface area contributed by atoms with Crippen LogP contribution in [0.15, 0.2) is 17.3 Å². The number of nitrogens with one attached hydrogen (secondary N) is 2. The summed E-state index contributed by atoms with van der Waals surface area (Å²) in [6, 6.07) is 0.160. The average molecular weight is 248 g/mol. The number of rotatable bonds is 1. The predicted octanol–water partition coefficient (Wildman–Crippen LogP) is -1.83. The van der Waals surface area contributed by atoms with Crippen LogP contribution in [-0.4, -0.2) is 32.2 Å². The van der Waals surface area contributed by atoms with Gasteiger partial charge < -0.3 is 5.32 Å². The molecule has 1 aliphatic rings. The van der Waals surface area contributed by atoms with Crippen LogP contribution >= 0.6 is 0 Å². The lowest BCUT2D eigenvalue weighted by atomic mass is 10.2. The van der Waals surface area contributed by atoms with E-state index in [1.54, 1.807) is 0 Å². The van der Waals surface area contributed by atoms with Gasteiger partial charge >= 0.3 is 0 Å². The van der Waals surface area contributed by atoms with Crippen LogP contribution in [0.4, 0.5) is 0 Å². The van der Waals surface area contributed by atoms with Gasteiger partial charge in [-0.05, 0) is 6.42 Å². The van der Waals surface area contributed by atoms with Crippen LogP contribution in [0.2, 0.25) is 0 Å². The molecule has 0 radical (unpaired) electrons. The van der Waals surface area contributed by atoms with Crippen molar-refractivity contribution in [1.82, 2.24) is 30.4 Å². The third kappa shape index (κ3) is 1.66. The fourth-order valence-electron chi connectivity index (χ4n) is 1.82. The van der Waals surface area contributed by atoms with Gasteiger partial charge in [-0.3, -0.25) is 9.63 Å². The number of fused-ring (bicyclic) bond motifs is 1. The molecule has 2 aromatic heterocycles. The molecular formula is C10H12N6O2. The van der Waals surface area contributed by atoms with Gasteiger partial charge in [-0.1, -0.05) is 6.92 Å². The first-order valence-electron chi connectivity index (χ1n) is 5.67. The van der Waals surface area contributed by atoms with E-state index in [1.807, 2.05) is 6.92 Å². The standard InChI is InChI=1S/C10H12N6O2/c1-2-6-4-18-15-9(14-6)8-7(17)3-11-10-12-5-13-16(8)10/h3,5-6,14-15H,2,4H2,1H3/b9-8+. The molecule has 0 amide bonds. The average Bonchev–Trinajstić information content (AvgIpc) is 2.87. The molecule has 8 nitrogen and oxygen atoms in total. The summed E-state index contributed by atoms with van der Waals surface area (Å²) in [6.45, 7) is 2.58. The topological polar surface area (TPSA) is 93.4 Å². The van der Waals surface area contributed by atoms with Crippen molar-refractivity contribution >= 4 is 11.6 Å². The van der Waals surface area contributed by atoms with Crippen molar-refractivity contribution in [2.45, 2.75) is 19.4 Å². The molecule has 1 aliphatic heterocycles. The van der Waals surface area contributed by atoms with Gasteiger partial charge in [0.05, 0.1) is 18.8 Å². The molecule has 0 saturated carbocycles. The monoisotopic (exact) mass is 248 g/mol. The Morgan fingerprint density at radius 1 is 1.56 bits per heavy atom. The molecule has 1 unspecified atom stereocenters. The van der Waals surface area contributed by atoms with E-state index in [1.165, 1.54) is 17.0 Å². The van der Waals surface area contributed by atoms with Crippen LogP contribution < -0.4 is 21.6 Å². The summed E-state index contributed by atoms with van der Waals surface area (Å²) in [4.78, 5) is 25.0. The summed E-state index contributed by atoms with van der Waals surface area (Å²) in [5.41, 5.74) is 2.46. The third-order valence-electron chi connectivity index (χ3n) is 2.81. The molecule has 1 fully saturated rings. The van der Waals surface area contributed by atoms with Crippen molar-refractivity contribution in [3.63, 3.8) is 0 Å². The second-order valence-electron chi connectivity index (χ2n) is 3.98. The zero-order chi connectivity index (χ0) is 12.5. The van der Waals surface area contributed by atoms with E-state index >= 15 is 0 Å². The second kappa shape index (κ2) is 4.22. The molecule has 8 heteroatoms. The predicted molar refractivity (Wildman–Crippen MR) is 62.0 cm³/mol. The highest BCUT2D eigenvalue weighted by Gasteiger charge is 2.17. The van der Waals surface area contributed by atoms with Gasteiger partial charge in [-0.15, -0.1) is 0 Å². The molecule has 94 valence electrons. The highest BCUT2D eigenvalue weighted by Crippen LogP contribution is 2.00. The van der Waals surface area contributed by atoms with E-state index in [4.69, 9.17) is 4.84 Å². The SMILES string of the molecule is CCC1CON/C(=c2\c(=O)cnc3ncnn23)N1. The fourth-order valence-corrected chi connectivity index (χ4v) is 1.82. The van der Waals surface area contributed by atoms with Crippen molar-refractivity contribution < 1.29 is 4.84 Å². The first-order valence-corrected chi connectivity index (χ1v) is 5.67. The lowest BCUT2D eigenvalue weighted by Gasteiger charge is -2.26. The summed E-state index contributed by atoms with van der Waals surface area (Å²) in [7, 11) is 0. The largest absolute Gasteiger partial charge is 0.363 e. The van der Waals surface area contributed by atoms with E-state index in [0.29, 0.717) is 23.6 Å². The van der Waals surface area contributed by atoms with Crippen molar-refractivity contribution in [2.24, 2.45) is 0 Å². The first kappa shape index (κ1) is 10.9. The number of hydroxylamine groups is 1. The van der Waals surface area contributed by atoms with E-state index in [9.17, 15) is 4.79 Å². The van der Waals surface area contributed by atoms with E-state index < -0.39 is 0 Å². The van der Waals surface area contributed by atoms with Gasteiger partial charge in [0.15, 0.2) is 11.2 Å². The van der Waals surface area contributed by atoms with Crippen molar-refractivity contribution in [3.8, 4) is 0 Å². The molecule has 18 heavy (non-hydrogen) atoms. The van der Waals surface area contributed by atoms with Crippen molar-refractivity contribution in [2.75, 3.05) is 6.61 Å². The highest BCUT2D eigenvalue weighted by molar-refractivity contribution is 5.40. The Balaban J connectivity index is 2.26. The van der Waals surface area contributed by atoms with Gasteiger partial charge in [0.25, 0.3) is 5.78 Å². The number of nitrogens with zero attached hydrogens (tertiary/aromatic N) is 4. The highest BCUT2D eigenvalue weighted by atomic mass is 16.6. The van der Waals surface area contributed by atoms with Gasteiger partial charge in [0.1, 0.15) is 6.33 Å². The second-order valence-corrected chi connectivity index (χ2v) is 3.98. The minimum atomic E-state index is -0.247. The lowest BCUT2D eigenvalue weighted by Crippen LogP contribution is -2.50. The van der Waals surface area contributed by atoms with Gasteiger partial charge in [-0.25, -0.2) is 10.5 Å². The molecule has 0 bridgehead atoms. The van der Waals surface area contributed by atoms with Gasteiger partial charge in [0.2, 0.25) is 5.43 Å². The molecule has 0 aliphatic carbocycles. The van der Waals surface area contributed by atoms with Crippen molar-refractivity contribution in [3.05, 3.63) is 28.1 Å². The van der Waals surface area contributed by atoms with Crippen LogP contribution in [-0.2, 0) is 4.84 Å². The van der Waals surface area contributed by atoms with E-state index in [0.717, 1.165) is 6.42 Å². The smallest absolute Gasteiger partial charge is 0.253 e. The Labute approximate surface area is 102 Å². The zero-order valence-electron chi connectivity index (χ0n) is 9.75. The molecule has 3 rings (SSSR count). The normalized spacial score (nSPS) is 22.6. The Morgan fingerprint density at radius 2 is 2.44 bits per heavy atom. The van der Waals surface area contributed by atoms with E-state index in [-0.39, 0.29) is 11.5 Å². The van der Waals surface area contributed by atoms with Crippen LogP contribution in [0.1, 0.15) is 13.3 Å². The maximum Gasteiger partial charge on any atom is 0.253 e. The van der Waals surface area contributed by atoms with Gasteiger partial charge in [0, 0.05) is 0 Å². The Kier molecular flexibility index (Phi) is 2.56. The maximum atomic E-state index is 11.9. The summed E-state index contributed by atoms with van der Waals surface area (Å²) in [6.07, 6.45) is 3.48. The summed E-state index contributed by atoms with van der Waals surface area (Å²) < 4.78 is 1.39. The van der Waals surface area contributed by atoms with Crippen LogP contribution in [0.3, 0.4) is 0 Å². The van der Waals surface area contributed by atoms with E-state index in [2.05, 4.69) is 25.9 Å². The fraction of sp³-hybridized carbons (Fsp3) is 0.400. The summed E-state index contributed by atoms with van der Waals surface area (Å²) in [5.74, 6) is 0.871. The Morgan fingerprint density at radius 3 is 3.28 bits per heavy atom. The van der Waals surface area contributed by atoms with Crippen molar-refractivity contribution in [1.29, 1.82) is 0 Å². The number of aromatic nitrogens is 4. The summed E-state index contributed by atoms with van der Waals surface area (Å²) >= 11 is 0. The molecule has 2 N–H and O–H groups in total. The quantitative estimate of drug-likeness (QED) is 0.613. The third-order valence-corrected chi connectivity index (χ3v) is 2.81. The number of hydrogen-bond acceptors (Lipinski definition) is 7. The zero-order valence-corrected chi connectivity index (χ0v) is 9.75. The molecular weight excluding hydrogens is 236 g/mol. The minimum Gasteiger partial charge on any atom is -0.363 e. The van der Waals surface area contributed by atoms with Crippen LogP contribution in [0.5, 0.6) is 0 Å². The lowest BCUT2D eigenvalue weighted by molar-refractivity contribution is 0.0344. The minimum absolute atomic E-state index is 0.160. The Bertz CT molecular complexity index is 681. The molecule has 1 atom stereocenters. The molecule has 0 aromatic carbocycles. The van der Waals surface area contributed by atoms with Crippen LogP contribution in [0.25, 0.3) is 11.6 Å². The maximum absolute atomic E-state index is 11.9. The van der Waals surface area contributed by atoms with Gasteiger partial charge in [-0.2, -0.15) is 14.6 Å². The first-order chi connectivity index (χ1) is 8.79. The molecule has 0 spiro atoms. The van der Waals surface area contributed by atoms with Crippen LogP contribution in [0, 0.1) is 0 Å². The molecule has 1 saturated heterocycles. The molecule has 2 aromatic rings.